The van der Waals surface area contributed by atoms with Crippen LogP contribution in [0.4, 0.5) is 0 Å². The molecule has 0 fully saturated rings. The average Bonchev–Trinajstić information content (AvgIpc) is 2.62. The van der Waals surface area contributed by atoms with E-state index in [-0.39, 0.29) is 0 Å². The summed E-state index contributed by atoms with van der Waals surface area (Å²) in [5, 5.41) is 2.90. The Bertz CT molecular complexity index is 820. The van der Waals surface area contributed by atoms with Gasteiger partial charge in [0.25, 0.3) is 0 Å². The van der Waals surface area contributed by atoms with Gasteiger partial charge >= 0.3 is 0 Å². The molecule has 0 unspecified atom stereocenters. The van der Waals surface area contributed by atoms with E-state index < -0.39 is 8.07 Å². The molecule has 3 rings (SSSR count). The maximum absolute atomic E-state index is 3.24. The van der Waals surface area contributed by atoms with Crippen LogP contribution in [0.5, 0.6) is 0 Å². The van der Waals surface area contributed by atoms with E-state index in [1.807, 2.05) is 30.3 Å². The van der Waals surface area contributed by atoms with Crippen LogP contribution in [0, 0.1) is 11.8 Å². The van der Waals surface area contributed by atoms with E-state index in [4.69, 9.17) is 0 Å². The lowest BCUT2D eigenvalue weighted by Gasteiger charge is -2.23. The fourth-order valence-corrected chi connectivity index (χ4v) is 5.02. The fourth-order valence-electron chi connectivity index (χ4n) is 2.66. The highest BCUT2D eigenvalue weighted by Crippen LogP contribution is 2.06. The average molecular weight is 312 g/mol. The summed E-state index contributed by atoms with van der Waals surface area (Å²) >= 11 is 0. The smallest absolute Gasteiger partial charge is 0.0626 e. The third kappa shape index (κ3) is 3.61. The predicted molar refractivity (Wildman–Crippen MR) is 102 cm³/mol. The molecule has 1 heteroatoms. The molecule has 0 radical (unpaired) electrons. The highest BCUT2D eigenvalue weighted by atomic mass is 28.3. The molecular weight excluding hydrogens is 292 g/mol. The normalized spacial score (nSPS) is 10.7. The first-order valence-corrected chi connectivity index (χ1v) is 10.9. The summed E-state index contributed by atoms with van der Waals surface area (Å²) in [5.74, 6) is 6.46. The monoisotopic (exact) mass is 312 g/mol. The molecule has 0 spiro atoms. The van der Waals surface area contributed by atoms with E-state index >= 15 is 0 Å². The number of rotatable bonds is 2. The molecular formula is C22H20Si. The molecule has 3 aromatic rings. The van der Waals surface area contributed by atoms with Gasteiger partial charge in [-0.2, -0.15) is 0 Å². The van der Waals surface area contributed by atoms with Crippen LogP contribution < -0.4 is 10.4 Å². The Kier molecular flexibility index (Phi) is 4.46. The third-order valence-electron chi connectivity index (χ3n) is 4.23. The van der Waals surface area contributed by atoms with Crippen molar-refractivity contribution in [2.24, 2.45) is 0 Å². The summed E-state index contributed by atoms with van der Waals surface area (Å²) in [7, 11) is -1.61. The lowest BCUT2D eigenvalue weighted by Crippen LogP contribution is -2.52. The fraction of sp³-hybridized carbons (Fsp3) is 0.0909. The molecule has 0 nitrogen and oxygen atoms in total. The lowest BCUT2D eigenvalue weighted by molar-refractivity contribution is 1.62. The van der Waals surface area contributed by atoms with E-state index in [0.29, 0.717) is 0 Å². The van der Waals surface area contributed by atoms with E-state index in [1.165, 1.54) is 10.4 Å². The van der Waals surface area contributed by atoms with Crippen molar-refractivity contribution in [3.63, 3.8) is 0 Å². The van der Waals surface area contributed by atoms with Gasteiger partial charge in [0.15, 0.2) is 0 Å². The Morgan fingerprint density at radius 2 is 0.957 bits per heavy atom. The Hall–Kier alpha value is -2.56. The summed E-state index contributed by atoms with van der Waals surface area (Å²) in [5.41, 5.74) is 2.12. The summed E-state index contributed by atoms with van der Waals surface area (Å²) in [6, 6.07) is 29.7. The summed E-state index contributed by atoms with van der Waals surface area (Å²) < 4.78 is 0. The van der Waals surface area contributed by atoms with Crippen LogP contribution in [0.3, 0.4) is 0 Å². The minimum atomic E-state index is -1.61. The minimum Gasteiger partial charge on any atom is -0.0626 e. The van der Waals surface area contributed by atoms with Gasteiger partial charge in [-0.1, -0.05) is 96.0 Å². The van der Waals surface area contributed by atoms with Gasteiger partial charge in [-0.25, -0.2) is 0 Å². The lowest BCUT2D eigenvalue weighted by atomic mass is 10.2. The van der Waals surface area contributed by atoms with Gasteiger partial charge in [0.05, 0.1) is 0 Å². The molecule has 0 saturated carbocycles. The van der Waals surface area contributed by atoms with Gasteiger partial charge in [-0.3, -0.25) is 0 Å². The van der Waals surface area contributed by atoms with Crippen LogP contribution in [0.15, 0.2) is 84.9 Å². The topological polar surface area (TPSA) is 0 Å². The predicted octanol–water partition coefficient (Wildman–Crippen LogP) is 3.91. The first-order chi connectivity index (χ1) is 11.2. The van der Waals surface area contributed by atoms with Gasteiger partial charge in [-0.15, -0.1) is 0 Å². The van der Waals surface area contributed by atoms with Gasteiger partial charge in [0.2, 0.25) is 0 Å². The van der Waals surface area contributed by atoms with E-state index in [0.717, 1.165) is 11.1 Å². The second kappa shape index (κ2) is 6.69. The minimum absolute atomic E-state index is 1.05. The molecule has 0 aliphatic heterocycles. The molecule has 0 N–H and O–H groups in total. The number of hydrogen-bond donors (Lipinski definition) is 0. The van der Waals surface area contributed by atoms with Crippen molar-refractivity contribution in [3.8, 4) is 11.8 Å². The highest BCUT2D eigenvalue weighted by Gasteiger charge is 2.25. The molecule has 112 valence electrons. The zero-order valence-corrected chi connectivity index (χ0v) is 14.6. The van der Waals surface area contributed by atoms with Crippen LogP contribution in [-0.4, -0.2) is 8.07 Å². The highest BCUT2D eigenvalue weighted by molar-refractivity contribution is 7.00. The standard InChI is InChI=1S/C22H20Si/c1-23(2,21-11-7-4-8-12-21)22-17-15-20(16-18-22)14-13-19-9-5-3-6-10-19/h3-12,15-18H,1-2H3. The summed E-state index contributed by atoms with van der Waals surface area (Å²) in [6.07, 6.45) is 0. The Morgan fingerprint density at radius 1 is 0.522 bits per heavy atom. The van der Waals surface area contributed by atoms with Gasteiger partial charge in [-0.05, 0) is 24.3 Å². The molecule has 3 aromatic carbocycles. The second-order valence-corrected chi connectivity index (χ2v) is 10.6. The van der Waals surface area contributed by atoms with Crippen LogP contribution in [0.25, 0.3) is 0 Å². The molecule has 0 aromatic heterocycles. The van der Waals surface area contributed by atoms with E-state index in [9.17, 15) is 0 Å². The van der Waals surface area contributed by atoms with E-state index in [1.54, 1.807) is 0 Å². The second-order valence-electron chi connectivity index (χ2n) is 6.18. The van der Waals surface area contributed by atoms with Crippen LogP contribution in [0.2, 0.25) is 13.1 Å². The van der Waals surface area contributed by atoms with Crippen LogP contribution >= 0.6 is 0 Å². The Labute approximate surface area is 139 Å². The maximum Gasteiger partial charge on any atom is 0.112 e. The Morgan fingerprint density at radius 3 is 1.52 bits per heavy atom. The van der Waals surface area contributed by atoms with Crippen molar-refractivity contribution in [2.45, 2.75) is 13.1 Å². The Balaban J connectivity index is 1.84. The SMILES string of the molecule is C[Si](C)(c1ccccc1)c1ccc(C#Cc2ccccc2)cc1. The maximum atomic E-state index is 3.24. The molecule has 0 saturated heterocycles. The third-order valence-corrected chi connectivity index (χ3v) is 7.78. The van der Waals surface area contributed by atoms with Crippen LogP contribution in [0.1, 0.15) is 11.1 Å². The summed E-state index contributed by atoms with van der Waals surface area (Å²) in [4.78, 5) is 0. The first kappa shape index (κ1) is 15.3. The zero-order chi connectivity index (χ0) is 16.1. The zero-order valence-electron chi connectivity index (χ0n) is 13.6. The van der Waals surface area contributed by atoms with Crippen molar-refractivity contribution >= 4 is 18.4 Å². The van der Waals surface area contributed by atoms with E-state index in [2.05, 4.69) is 79.5 Å². The quantitative estimate of drug-likeness (QED) is 0.497. The first-order valence-electron chi connectivity index (χ1n) is 7.89. The van der Waals surface area contributed by atoms with Crippen molar-refractivity contribution < 1.29 is 0 Å². The van der Waals surface area contributed by atoms with Crippen molar-refractivity contribution in [3.05, 3.63) is 96.1 Å². The number of hydrogen-bond acceptors (Lipinski definition) is 0. The molecule has 0 heterocycles. The van der Waals surface area contributed by atoms with Gasteiger partial charge < -0.3 is 0 Å². The summed E-state index contributed by atoms with van der Waals surface area (Å²) in [6.45, 7) is 4.79. The van der Waals surface area contributed by atoms with Crippen LogP contribution in [-0.2, 0) is 0 Å². The van der Waals surface area contributed by atoms with Gasteiger partial charge in [0.1, 0.15) is 8.07 Å². The molecule has 0 bridgehead atoms. The van der Waals surface area contributed by atoms with Crippen molar-refractivity contribution in [1.82, 2.24) is 0 Å². The molecule has 0 aliphatic carbocycles. The van der Waals surface area contributed by atoms with Crippen molar-refractivity contribution in [1.29, 1.82) is 0 Å². The van der Waals surface area contributed by atoms with Crippen molar-refractivity contribution in [2.75, 3.05) is 0 Å². The molecule has 23 heavy (non-hydrogen) atoms. The number of benzene rings is 3. The molecule has 0 atom stereocenters. The molecule has 0 aliphatic rings. The molecule has 0 amide bonds. The largest absolute Gasteiger partial charge is 0.112 e. The van der Waals surface area contributed by atoms with Gasteiger partial charge in [0, 0.05) is 11.1 Å².